The standard InChI is InChI=1S/C16H25NO2/c1-7-12-14(17-18-6)13-10(2)8-9-11(15(13)19-12)16(3,4)5/h8-9,12,14,17H,7H2,1-6H3. The van der Waals surface area contributed by atoms with Gasteiger partial charge in [0.2, 0.25) is 0 Å². The van der Waals surface area contributed by atoms with Gasteiger partial charge < -0.3 is 9.57 Å². The van der Waals surface area contributed by atoms with Gasteiger partial charge in [0, 0.05) is 5.56 Å². The highest BCUT2D eigenvalue weighted by atomic mass is 16.6. The van der Waals surface area contributed by atoms with E-state index in [1.165, 1.54) is 16.7 Å². The van der Waals surface area contributed by atoms with Crippen LogP contribution in [0.3, 0.4) is 0 Å². The summed E-state index contributed by atoms with van der Waals surface area (Å²) in [5.41, 5.74) is 6.96. The van der Waals surface area contributed by atoms with Crippen LogP contribution in [0.15, 0.2) is 12.1 Å². The molecule has 2 unspecified atom stereocenters. The van der Waals surface area contributed by atoms with Crippen LogP contribution in [0.5, 0.6) is 5.75 Å². The summed E-state index contributed by atoms with van der Waals surface area (Å²) in [4.78, 5) is 5.17. The number of aryl methyl sites for hydroxylation is 1. The fraction of sp³-hybridized carbons (Fsp3) is 0.625. The number of hydroxylamine groups is 1. The number of benzene rings is 1. The van der Waals surface area contributed by atoms with E-state index < -0.39 is 0 Å². The number of hydrogen-bond donors (Lipinski definition) is 1. The van der Waals surface area contributed by atoms with Crippen molar-refractivity contribution in [2.45, 2.75) is 58.6 Å². The Balaban J connectivity index is 2.55. The van der Waals surface area contributed by atoms with Crippen LogP contribution in [-0.2, 0) is 10.3 Å². The first-order valence-corrected chi connectivity index (χ1v) is 6.99. The van der Waals surface area contributed by atoms with Crippen LogP contribution >= 0.6 is 0 Å². The van der Waals surface area contributed by atoms with Crippen molar-refractivity contribution in [1.82, 2.24) is 5.48 Å². The van der Waals surface area contributed by atoms with Gasteiger partial charge in [-0.1, -0.05) is 39.8 Å². The molecule has 0 spiro atoms. The topological polar surface area (TPSA) is 30.5 Å². The molecule has 0 saturated heterocycles. The molecule has 0 bridgehead atoms. The highest BCUT2D eigenvalue weighted by molar-refractivity contribution is 5.53. The highest BCUT2D eigenvalue weighted by Crippen LogP contribution is 2.45. The van der Waals surface area contributed by atoms with Gasteiger partial charge in [-0.3, -0.25) is 0 Å². The van der Waals surface area contributed by atoms with Crippen molar-refractivity contribution >= 4 is 0 Å². The molecule has 1 aliphatic rings. The summed E-state index contributed by atoms with van der Waals surface area (Å²) in [6.07, 6.45) is 1.09. The van der Waals surface area contributed by atoms with Gasteiger partial charge in [-0.2, -0.15) is 5.48 Å². The Labute approximate surface area is 116 Å². The Morgan fingerprint density at radius 3 is 2.53 bits per heavy atom. The molecule has 0 aromatic heterocycles. The summed E-state index contributed by atoms with van der Waals surface area (Å²) < 4.78 is 6.22. The van der Waals surface area contributed by atoms with E-state index in [-0.39, 0.29) is 17.6 Å². The van der Waals surface area contributed by atoms with Crippen molar-refractivity contribution in [2.24, 2.45) is 0 Å². The number of hydrogen-bond acceptors (Lipinski definition) is 3. The first-order valence-electron chi connectivity index (χ1n) is 6.99. The first kappa shape index (κ1) is 14.4. The van der Waals surface area contributed by atoms with Gasteiger partial charge in [-0.15, -0.1) is 0 Å². The van der Waals surface area contributed by atoms with Crippen molar-refractivity contribution in [3.05, 3.63) is 28.8 Å². The molecular weight excluding hydrogens is 238 g/mol. The minimum atomic E-state index is 0.0814. The minimum absolute atomic E-state index is 0.0814. The number of rotatable bonds is 3. The zero-order valence-corrected chi connectivity index (χ0v) is 12.8. The summed E-state index contributed by atoms with van der Waals surface area (Å²) in [5.74, 6) is 1.05. The van der Waals surface area contributed by atoms with E-state index in [1.54, 1.807) is 7.11 Å². The van der Waals surface area contributed by atoms with Gasteiger partial charge in [0.15, 0.2) is 0 Å². The van der Waals surface area contributed by atoms with Gasteiger partial charge in [0.05, 0.1) is 13.2 Å². The lowest BCUT2D eigenvalue weighted by molar-refractivity contribution is 0.0280. The van der Waals surface area contributed by atoms with E-state index >= 15 is 0 Å². The van der Waals surface area contributed by atoms with Crippen molar-refractivity contribution in [3.63, 3.8) is 0 Å². The van der Waals surface area contributed by atoms with Gasteiger partial charge in [-0.05, 0) is 29.9 Å². The quantitative estimate of drug-likeness (QED) is 0.844. The minimum Gasteiger partial charge on any atom is -0.488 e. The Kier molecular flexibility index (Phi) is 3.88. The highest BCUT2D eigenvalue weighted by Gasteiger charge is 2.38. The SMILES string of the molecule is CCC1Oc2c(C(C)(C)C)ccc(C)c2C1NOC. The molecular formula is C16H25NO2. The molecule has 0 amide bonds. The first-order chi connectivity index (χ1) is 8.90. The molecule has 19 heavy (non-hydrogen) atoms. The Morgan fingerprint density at radius 1 is 1.32 bits per heavy atom. The number of fused-ring (bicyclic) bond motifs is 1. The Hall–Kier alpha value is -1.06. The van der Waals surface area contributed by atoms with Crippen molar-refractivity contribution in [3.8, 4) is 5.75 Å². The average molecular weight is 263 g/mol. The molecule has 0 radical (unpaired) electrons. The fourth-order valence-corrected chi connectivity index (χ4v) is 2.79. The van der Waals surface area contributed by atoms with Crippen LogP contribution in [0.4, 0.5) is 0 Å². The van der Waals surface area contributed by atoms with Gasteiger partial charge in [0.25, 0.3) is 0 Å². The third-order valence-corrected chi connectivity index (χ3v) is 3.82. The molecule has 2 rings (SSSR count). The van der Waals surface area contributed by atoms with Crippen molar-refractivity contribution < 1.29 is 9.57 Å². The molecule has 3 heteroatoms. The van der Waals surface area contributed by atoms with Crippen molar-refractivity contribution in [2.75, 3.05) is 7.11 Å². The second kappa shape index (κ2) is 5.14. The summed E-state index contributed by atoms with van der Waals surface area (Å²) >= 11 is 0. The van der Waals surface area contributed by atoms with Gasteiger partial charge in [-0.25, -0.2) is 0 Å². The van der Waals surface area contributed by atoms with E-state index in [0.29, 0.717) is 0 Å². The van der Waals surface area contributed by atoms with Gasteiger partial charge in [0.1, 0.15) is 11.9 Å². The number of nitrogens with one attached hydrogen (secondary N) is 1. The van der Waals surface area contributed by atoms with E-state index in [9.17, 15) is 0 Å². The molecule has 1 N–H and O–H groups in total. The molecule has 1 heterocycles. The maximum absolute atomic E-state index is 6.22. The van der Waals surface area contributed by atoms with E-state index in [0.717, 1.165) is 12.2 Å². The van der Waals surface area contributed by atoms with Crippen LogP contribution in [-0.4, -0.2) is 13.2 Å². The fourth-order valence-electron chi connectivity index (χ4n) is 2.79. The van der Waals surface area contributed by atoms with Crippen molar-refractivity contribution in [1.29, 1.82) is 0 Å². The molecule has 0 aliphatic carbocycles. The molecule has 106 valence electrons. The maximum atomic E-state index is 6.22. The monoisotopic (exact) mass is 263 g/mol. The van der Waals surface area contributed by atoms with E-state index in [2.05, 4.69) is 52.2 Å². The third-order valence-electron chi connectivity index (χ3n) is 3.82. The Morgan fingerprint density at radius 2 is 2.00 bits per heavy atom. The molecule has 1 aromatic carbocycles. The molecule has 1 aliphatic heterocycles. The molecule has 0 fully saturated rings. The lowest BCUT2D eigenvalue weighted by Crippen LogP contribution is -2.30. The smallest absolute Gasteiger partial charge is 0.128 e. The summed E-state index contributed by atoms with van der Waals surface area (Å²) in [5, 5.41) is 0. The average Bonchev–Trinajstić information content (AvgIpc) is 2.68. The second-order valence-electron chi connectivity index (χ2n) is 6.29. The van der Waals surface area contributed by atoms with Crippen LogP contribution < -0.4 is 10.2 Å². The van der Waals surface area contributed by atoms with Gasteiger partial charge >= 0.3 is 0 Å². The van der Waals surface area contributed by atoms with Crippen LogP contribution in [0.2, 0.25) is 0 Å². The predicted molar refractivity (Wildman–Crippen MR) is 77.5 cm³/mol. The maximum Gasteiger partial charge on any atom is 0.128 e. The lowest BCUT2D eigenvalue weighted by atomic mass is 9.83. The van der Waals surface area contributed by atoms with Crippen LogP contribution in [0, 0.1) is 6.92 Å². The summed E-state index contributed by atoms with van der Waals surface area (Å²) in [6, 6.07) is 4.49. The van der Waals surface area contributed by atoms with Crippen LogP contribution in [0.1, 0.15) is 56.8 Å². The second-order valence-corrected chi connectivity index (χ2v) is 6.29. The Bertz CT molecular complexity index is 463. The molecule has 1 aromatic rings. The third kappa shape index (κ3) is 2.49. The molecule has 0 saturated carbocycles. The normalized spacial score (nSPS) is 22.2. The molecule has 2 atom stereocenters. The number of ether oxygens (including phenoxy) is 1. The van der Waals surface area contributed by atoms with E-state index in [1.807, 2.05) is 0 Å². The van der Waals surface area contributed by atoms with E-state index in [4.69, 9.17) is 9.57 Å². The summed E-state index contributed by atoms with van der Waals surface area (Å²) in [6.45, 7) is 10.9. The largest absolute Gasteiger partial charge is 0.488 e. The van der Waals surface area contributed by atoms with Crippen LogP contribution in [0.25, 0.3) is 0 Å². The predicted octanol–water partition coefficient (Wildman–Crippen LogP) is 3.66. The summed E-state index contributed by atoms with van der Waals surface area (Å²) in [7, 11) is 1.66. The lowest BCUT2D eigenvalue weighted by Gasteiger charge is -2.22. The zero-order chi connectivity index (χ0) is 14.2. The molecule has 3 nitrogen and oxygen atoms in total. The zero-order valence-electron chi connectivity index (χ0n) is 12.8.